The van der Waals surface area contributed by atoms with Gasteiger partial charge >= 0.3 is 11.4 Å². The summed E-state index contributed by atoms with van der Waals surface area (Å²) in [6.07, 6.45) is -0.313. The van der Waals surface area contributed by atoms with Crippen molar-refractivity contribution in [3.05, 3.63) is 180 Å². The third kappa shape index (κ3) is 13.5. The Morgan fingerprint density at radius 3 is 1.49 bits per heavy atom. The minimum Gasteiger partial charge on any atom is -0.488 e. The Balaban J connectivity index is 0.000000215. The third-order valence-electron chi connectivity index (χ3n) is 8.68. The van der Waals surface area contributed by atoms with Crippen molar-refractivity contribution in [1.82, 2.24) is 29.1 Å². The molecule has 2 heterocycles. The molecule has 0 aliphatic heterocycles. The van der Waals surface area contributed by atoms with Gasteiger partial charge in [0.05, 0.1) is 25.3 Å². The normalized spacial score (nSPS) is 10.9. The topological polar surface area (TPSA) is 150 Å². The molecular weight excluding hydrogens is 875 g/mol. The van der Waals surface area contributed by atoms with Crippen molar-refractivity contribution in [2.45, 2.75) is 59.5 Å². The monoisotopic (exact) mass is 915 g/mol. The number of nitrogens with zero attached hydrogens (tertiary/aromatic N) is 6. The summed E-state index contributed by atoms with van der Waals surface area (Å²) in [5, 5.41) is 10.0. The smallest absolute Gasteiger partial charge is 0.353 e. The molecule has 0 bridgehead atoms. The molecule has 7 aromatic rings. The SMILES string of the molecule is CC(C)Oc1ccc(Nc2nc(Cl)nc(=O)n2Cc2ccc(Cl)cc2)cc1F.CC(C)Oc1ccc(Nc2nc(NCc3ccccc3)nc(=O)n2Cc2ccc(Cl)cc2)cc1F. The quantitative estimate of drug-likeness (QED) is 0.0902. The minimum absolute atomic E-state index is 0.136. The summed E-state index contributed by atoms with van der Waals surface area (Å²) >= 11 is 17.7. The molecule has 0 fully saturated rings. The van der Waals surface area contributed by atoms with Crippen LogP contribution in [-0.4, -0.2) is 41.3 Å². The molecule has 7 rings (SSSR count). The van der Waals surface area contributed by atoms with E-state index in [1.807, 2.05) is 70.2 Å². The molecule has 326 valence electrons. The molecule has 0 spiro atoms. The number of anilines is 5. The maximum Gasteiger partial charge on any atom is 0.353 e. The van der Waals surface area contributed by atoms with Crippen molar-refractivity contribution in [2.24, 2.45) is 0 Å². The van der Waals surface area contributed by atoms with Gasteiger partial charge < -0.3 is 25.4 Å². The van der Waals surface area contributed by atoms with Crippen LogP contribution in [0.15, 0.2) is 125 Å². The van der Waals surface area contributed by atoms with Gasteiger partial charge in [0.1, 0.15) is 0 Å². The van der Waals surface area contributed by atoms with Crippen LogP contribution < -0.4 is 36.8 Å². The molecule has 0 saturated carbocycles. The summed E-state index contributed by atoms with van der Waals surface area (Å²) in [7, 11) is 0. The summed E-state index contributed by atoms with van der Waals surface area (Å²) < 4.78 is 42.4. The van der Waals surface area contributed by atoms with E-state index in [0.717, 1.165) is 16.7 Å². The minimum atomic E-state index is -0.585. The Morgan fingerprint density at radius 2 is 1.03 bits per heavy atom. The Labute approximate surface area is 376 Å². The fourth-order valence-corrected chi connectivity index (χ4v) is 6.23. The van der Waals surface area contributed by atoms with Gasteiger partial charge in [-0.3, -0.25) is 9.13 Å². The summed E-state index contributed by atoms with van der Waals surface area (Å²) in [6.45, 7) is 8.10. The maximum absolute atomic E-state index is 14.6. The lowest BCUT2D eigenvalue weighted by Crippen LogP contribution is -2.28. The van der Waals surface area contributed by atoms with Gasteiger partial charge in [-0.1, -0.05) is 77.8 Å². The largest absolute Gasteiger partial charge is 0.488 e. The second-order valence-corrected chi connectivity index (χ2v) is 15.6. The van der Waals surface area contributed by atoms with E-state index in [9.17, 15) is 18.4 Å². The van der Waals surface area contributed by atoms with Crippen LogP contribution >= 0.6 is 34.8 Å². The molecule has 0 unspecified atom stereocenters. The fourth-order valence-electron chi connectivity index (χ4n) is 5.82. The highest BCUT2D eigenvalue weighted by molar-refractivity contribution is 6.30. The molecule has 13 nitrogen and oxygen atoms in total. The fraction of sp³-hybridized carbons (Fsp3) is 0.200. The molecule has 0 radical (unpaired) electrons. The molecule has 18 heteroatoms. The van der Waals surface area contributed by atoms with Crippen molar-refractivity contribution in [3.63, 3.8) is 0 Å². The van der Waals surface area contributed by atoms with E-state index >= 15 is 0 Å². The van der Waals surface area contributed by atoms with Crippen LogP contribution in [0.4, 0.5) is 38.0 Å². The summed E-state index contributed by atoms with van der Waals surface area (Å²) in [5.41, 5.74) is 2.36. The van der Waals surface area contributed by atoms with Crippen molar-refractivity contribution in [2.75, 3.05) is 16.0 Å². The number of ether oxygens (including phenoxy) is 2. The molecule has 0 aliphatic rings. The van der Waals surface area contributed by atoms with Crippen LogP contribution in [0.25, 0.3) is 0 Å². The van der Waals surface area contributed by atoms with E-state index in [-0.39, 0.29) is 59.9 Å². The Morgan fingerprint density at radius 1 is 0.571 bits per heavy atom. The van der Waals surface area contributed by atoms with Crippen molar-refractivity contribution in [3.8, 4) is 11.5 Å². The van der Waals surface area contributed by atoms with Crippen molar-refractivity contribution < 1.29 is 18.3 Å². The molecular formula is C45H42Cl3F2N9O4. The number of halogens is 5. The third-order valence-corrected chi connectivity index (χ3v) is 9.35. The highest BCUT2D eigenvalue weighted by Crippen LogP contribution is 2.26. The molecule has 63 heavy (non-hydrogen) atoms. The Bertz CT molecular complexity index is 2760. The van der Waals surface area contributed by atoms with Gasteiger partial charge in [-0.05, 0) is 105 Å². The zero-order valence-electron chi connectivity index (χ0n) is 34.5. The van der Waals surface area contributed by atoms with Gasteiger partial charge in [0.25, 0.3) is 0 Å². The second-order valence-electron chi connectivity index (χ2n) is 14.4. The van der Waals surface area contributed by atoms with Gasteiger partial charge in [-0.2, -0.15) is 19.9 Å². The number of benzene rings is 5. The highest BCUT2D eigenvalue weighted by atomic mass is 35.5. The number of hydrogen-bond acceptors (Lipinski definition) is 11. The molecule has 0 saturated heterocycles. The zero-order valence-corrected chi connectivity index (χ0v) is 36.7. The van der Waals surface area contributed by atoms with Crippen molar-refractivity contribution >= 4 is 64.0 Å². The predicted molar refractivity (Wildman–Crippen MR) is 243 cm³/mol. The highest BCUT2D eigenvalue weighted by Gasteiger charge is 2.15. The average molecular weight is 917 g/mol. The van der Waals surface area contributed by atoms with Crippen LogP contribution in [0, 0.1) is 11.6 Å². The van der Waals surface area contributed by atoms with Crippen LogP contribution in [-0.2, 0) is 19.6 Å². The van der Waals surface area contributed by atoms with E-state index in [2.05, 4.69) is 35.9 Å². The molecule has 2 aromatic heterocycles. The van der Waals surface area contributed by atoms with Crippen LogP contribution in [0.1, 0.15) is 44.4 Å². The molecule has 0 atom stereocenters. The zero-order chi connectivity index (χ0) is 45.0. The van der Waals surface area contributed by atoms with Gasteiger partial charge in [0, 0.05) is 40.1 Å². The van der Waals surface area contributed by atoms with Crippen LogP contribution in [0.2, 0.25) is 15.3 Å². The molecule has 5 aromatic carbocycles. The lowest BCUT2D eigenvalue weighted by Gasteiger charge is -2.16. The number of rotatable bonds is 15. The van der Waals surface area contributed by atoms with Gasteiger partial charge in [0.2, 0.25) is 23.1 Å². The van der Waals surface area contributed by atoms with Gasteiger partial charge in [0.15, 0.2) is 23.1 Å². The van der Waals surface area contributed by atoms with Crippen molar-refractivity contribution in [1.29, 1.82) is 0 Å². The number of nitrogens with one attached hydrogen (secondary N) is 3. The molecule has 3 N–H and O–H groups in total. The second kappa shape index (κ2) is 21.5. The number of hydrogen-bond donors (Lipinski definition) is 3. The molecule has 0 aliphatic carbocycles. The van der Waals surface area contributed by atoms with Gasteiger partial charge in [-0.15, -0.1) is 0 Å². The van der Waals surface area contributed by atoms with E-state index in [1.165, 1.54) is 33.4 Å². The summed E-state index contributed by atoms with van der Waals surface area (Å²) in [6, 6.07) is 32.7. The lowest BCUT2D eigenvalue weighted by atomic mass is 10.2. The summed E-state index contributed by atoms with van der Waals surface area (Å²) in [4.78, 5) is 41.6. The first-order valence-electron chi connectivity index (χ1n) is 19.6. The van der Waals surface area contributed by atoms with Crippen LogP contribution in [0.5, 0.6) is 11.5 Å². The first-order chi connectivity index (χ1) is 30.2. The van der Waals surface area contributed by atoms with E-state index in [4.69, 9.17) is 44.3 Å². The van der Waals surface area contributed by atoms with Crippen LogP contribution in [0.3, 0.4) is 0 Å². The first kappa shape index (κ1) is 46.0. The van der Waals surface area contributed by atoms with E-state index in [0.29, 0.717) is 28.0 Å². The van der Waals surface area contributed by atoms with E-state index in [1.54, 1.807) is 48.5 Å². The predicted octanol–water partition coefficient (Wildman–Crippen LogP) is 10.3. The van der Waals surface area contributed by atoms with Gasteiger partial charge in [-0.25, -0.2) is 18.4 Å². The maximum atomic E-state index is 14.6. The van der Waals surface area contributed by atoms with E-state index < -0.39 is 23.0 Å². The molecule has 0 amide bonds. The average Bonchev–Trinajstić information content (AvgIpc) is 3.23. The summed E-state index contributed by atoms with van der Waals surface area (Å²) in [5.74, 6) is -0.257. The lowest BCUT2D eigenvalue weighted by molar-refractivity contribution is 0.231. The standard InChI is InChI=1S/C26H25ClFN5O2.C19H17Cl2FN4O2/c1-17(2)35-23-13-12-21(14-22(23)28)30-25-31-24(29-15-18-6-4-3-5-7-18)32-26(34)33(25)16-19-8-10-20(27)11-9-19;1-11(2)28-16-8-7-14(9-15(16)22)23-18-24-17(21)25-19(27)26(18)10-12-3-5-13(20)6-4-12/h3-14,17H,15-16H2,1-2H3,(H2,29,30,31,32,34);3-9,11H,10H2,1-2H3,(H,23,24,25,27). The first-order valence-corrected chi connectivity index (χ1v) is 20.7. The Hall–Kier alpha value is -6.55. The Kier molecular flexibility index (Phi) is 15.7. The number of aromatic nitrogens is 6.